The van der Waals surface area contributed by atoms with Crippen LogP contribution in [0.5, 0.6) is 0 Å². The van der Waals surface area contributed by atoms with Crippen molar-refractivity contribution in [1.82, 2.24) is 4.57 Å². The lowest BCUT2D eigenvalue weighted by Gasteiger charge is -2.34. The SMILES string of the molecule is CC1(C)Cc2c(ccn2-c2ccc(C#N)c(Cl)c2)C(O)C1. The standard InChI is InChI=1S/C17H17ClN2O/c1-17(2)8-15-13(16(21)9-17)5-6-20(15)12-4-3-11(10-19)14(18)7-12/h3-7,16,21H,8-9H2,1-2H3. The molecule has 1 heterocycles. The minimum absolute atomic E-state index is 0.0684. The molecular formula is C17H17ClN2O. The van der Waals surface area contributed by atoms with Crippen molar-refractivity contribution in [3.8, 4) is 11.8 Å². The van der Waals surface area contributed by atoms with Crippen molar-refractivity contribution in [1.29, 1.82) is 5.26 Å². The fourth-order valence-electron chi connectivity index (χ4n) is 3.12. The van der Waals surface area contributed by atoms with E-state index in [2.05, 4.69) is 24.5 Å². The normalized spacial score (nSPS) is 19.9. The summed E-state index contributed by atoms with van der Waals surface area (Å²) >= 11 is 6.13. The highest BCUT2D eigenvalue weighted by molar-refractivity contribution is 6.31. The summed E-state index contributed by atoms with van der Waals surface area (Å²) in [6.07, 6.45) is 3.23. The van der Waals surface area contributed by atoms with Crippen LogP contribution < -0.4 is 0 Å². The molecule has 0 saturated carbocycles. The minimum atomic E-state index is -0.418. The maximum Gasteiger partial charge on any atom is 0.101 e. The van der Waals surface area contributed by atoms with Crippen molar-refractivity contribution >= 4 is 11.6 Å². The molecule has 1 atom stereocenters. The molecule has 2 aromatic rings. The molecule has 0 radical (unpaired) electrons. The second-order valence-corrected chi connectivity index (χ2v) is 6.83. The first-order valence-electron chi connectivity index (χ1n) is 6.99. The van der Waals surface area contributed by atoms with Gasteiger partial charge in [-0.25, -0.2) is 0 Å². The lowest BCUT2D eigenvalue weighted by atomic mass is 9.75. The molecule has 1 aromatic heterocycles. The van der Waals surface area contributed by atoms with E-state index in [1.165, 1.54) is 0 Å². The van der Waals surface area contributed by atoms with Crippen LogP contribution >= 0.6 is 11.6 Å². The van der Waals surface area contributed by atoms with Gasteiger partial charge in [-0.05, 0) is 42.5 Å². The van der Waals surface area contributed by atoms with Crippen molar-refractivity contribution < 1.29 is 5.11 Å². The van der Waals surface area contributed by atoms with Gasteiger partial charge in [0.2, 0.25) is 0 Å². The van der Waals surface area contributed by atoms with Crippen LogP contribution in [0.2, 0.25) is 5.02 Å². The highest BCUT2D eigenvalue weighted by Gasteiger charge is 2.33. The van der Waals surface area contributed by atoms with Crippen molar-refractivity contribution in [2.75, 3.05) is 0 Å². The van der Waals surface area contributed by atoms with Crippen LogP contribution in [0.4, 0.5) is 0 Å². The molecule has 1 N–H and O–H groups in total. The van der Waals surface area contributed by atoms with E-state index in [-0.39, 0.29) is 5.41 Å². The Morgan fingerprint density at radius 1 is 1.38 bits per heavy atom. The summed E-state index contributed by atoms with van der Waals surface area (Å²) in [5.41, 5.74) is 3.58. The van der Waals surface area contributed by atoms with Crippen molar-refractivity contribution in [3.05, 3.63) is 52.3 Å². The Morgan fingerprint density at radius 3 is 2.81 bits per heavy atom. The number of aromatic nitrogens is 1. The zero-order valence-corrected chi connectivity index (χ0v) is 12.9. The number of aliphatic hydroxyl groups is 1. The molecule has 3 rings (SSSR count). The minimum Gasteiger partial charge on any atom is -0.388 e. The third-order valence-corrected chi connectivity index (χ3v) is 4.44. The average Bonchev–Trinajstić information content (AvgIpc) is 2.81. The largest absolute Gasteiger partial charge is 0.388 e. The Bertz CT molecular complexity index is 740. The van der Waals surface area contributed by atoms with Gasteiger partial charge in [0.05, 0.1) is 16.7 Å². The highest BCUT2D eigenvalue weighted by atomic mass is 35.5. The molecule has 21 heavy (non-hydrogen) atoms. The summed E-state index contributed by atoms with van der Waals surface area (Å²) in [6, 6.07) is 9.46. The first kappa shape index (κ1) is 14.2. The Kier molecular flexibility index (Phi) is 3.32. The zero-order valence-electron chi connectivity index (χ0n) is 12.1. The van der Waals surface area contributed by atoms with E-state index in [0.717, 1.165) is 29.8 Å². The van der Waals surface area contributed by atoms with Crippen LogP contribution in [-0.4, -0.2) is 9.67 Å². The topological polar surface area (TPSA) is 49.0 Å². The van der Waals surface area contributed by atoms with Gasteiger partial charge >= 0.3 is 0 Å². The lowest BCUT2D eigenvalue weighted by Crippen LogP contribution is -2.26. The van der Waals surface area contributed by atoms with Crippen LogP contribution in [0.15, 0.2) is 30.5 Å². The molecule has 0 fully saturated rings. The second kappa shape index (κ2) is 4.91. The molecular weight excluding hydrogens is 284 g/mol. The summed E-state index contributed by atoms with van der Waals surface area (Å²) < 4.78 is 2.06. The Labute approximate surface area is 129 Å². The van der Waals surface area contributed by atoms with Crippen molar-refractivity contribution in [2.45, 2.75) is 32.8 Å². The number of rotatable bonds is 1. The number of halogens is 1. The summed E-state index contributed by atoms with van der Waals surface area (Å²) in [5, 5.41) is 19.7. The van der Waals surface area contributed by atoms with Gasteiger partial charge in [-0.1, -0.05) is 25.4 Å². The monoisotopic (exact) mass is 300 g/mol. The van der Waals surface area contributed by atoms with Crippen LogP contribution in [0.1, 0.15) is 43.2 Å². The van der Waals surface area contributed by atoms with Crippen LogP contribution in [-0.2, 0) is 6.42 Å². The van der Waals surface area contributed by atoms with E-state index in [1.807, 2.05) is 18.3 Å². The molecule has 0 aliphatic heterocycles. The molecule has 1 aromatic carbocycles. The molecule has 0 bridgehead atoms. The number of nitriles is 1. The average molecular weight is 301 g/mol. The molecule has 108 valence electrons. The first-order valence-corrected chi connectivity index (χ1v) is 7.37. The van der Waals surface area contributed by atoms with E-state index < -0.39 is 6.10 Å². The van der Waals surface area contributed by atoms with Gasteiger partial charge in [0, 0.05) is 23.1 Å². The van der Waals surface area contributed by atoms with Crippen molar-refractivity contribution in [2.24, 2.45) is 5.41 Å². The highest BCUT2D eigenvalue weighted by Crippen LogP contribution is 2.41. The van der Waals surface area contributed by atoms with Crippen LogP contribution in [0, 0.1) is 16.7 Å². The van der Waals surface area contributed by atoms with Gasteiger partial charge in [-0.2, -0.15) is 5.26 Å². The van der Waals surface area contributed by atoms with E-state index in [0.29, 0.717) is 10.6 Å². The summed E-state index contributed by atoms with van der Waals surface area (Å²) in [5.74, 6) is 0. The molecule has 1 unspecified atom stereocenters. The summed E-state index contributed by atoms with van der Waals surface area (Å²) in [7, 11) is 0. The molecule has 1 aliphatic carbocycles. The number of nitrogens with zero attached hydrogens (tertiary/aromatic N) is 2. The van der Waals surface area contributed by atoms with Gasteiger partial charge in [0.1, 0.15) is 6.07 Å². The van der Waals surface area contributed by atoms with E-state index in [4.69, 9.17) is 16.9 Å². The number of fused-ring (bicyclic) bond motifs is 1. The second-order valence-electron chi connectivity index (χ2n) is 6.42. The van der Waals surface area contributed by atoms with E-state index >= 15 is 0 Å². The fourth-order valence-corrected chi connectivity index (χ4v) is 3.33. The number of hydrogen-bond acceptors (Lipinski definition) is 2. The predicted molar refractivity (Wildman–Crippen MR) is 82.6 cm³/mol. The fraction of sp³-hybridized carbons (Fsp3) is 0.353. The Balaban J connectivity index is 2.10. The number of benzene rings is 1. The number of aliphatic hydroxyl groups excluding tert-OH is 1. The first-order chi connectivity index (χ1) is 9.91. The van der Waals surface area contributed by atoms with Crippen LogP contribution in [0.3, 0.4) is 0 Å². The van der Waals surface area contributed by atoms with Gasteiger partial charge in [0.25, 0.3) is 0 Å². The maximum absolute atomic E-state index is 10.3. The van der Waals surface area contributed by atoms with Crippen molar-refractivity contribution in [3.63, 3.8) is 0 Å². The molecule has 3 nitrogen and oxygen atoms in total. The van der Waals surface area contributed by atoms with E-state index in [1.54, 1.807) is 12.1 Å². The third-order valence-electron chi connectivity index (χ3n) is 4.13. The molecule has 0 spiro atoms. The lowest BCUT2D eigenvalue weighted by molar-refractivity contribution is 0.0987. The molecule has 0 amide bonds. The molecule has 0 saturated heterocycles. The third kappa shape index (κ3) is 2.46. The summed E-state index contributed by atoms with van der Waals surface area (Å²) in [4.78, 5) is 0. The zero-order chi connectivity index (χ0) is 15.2. The Hall–Kier alpha value is -1.76. The van der Waals surface area contributed by atoms with Crippen LogP contribution in [0.25, 0.3) is 5.69 Å². The summed E-state index contributed by atoms with van der Waals surface area (Å²) in [6.45, 7) is 4.34. The van der Waals surface area contributed by atoms with Gasteiger partial charge in [0.15, 0.2) is 0 Å². The van der Waals surface area contributed by atoms with Gasteiger partial charge in [-0.15, -0.1) is 0 Å². The maximum atomic E-state index is 10.3. The van der Waals surface area contributed by atoms with Gasteiger partial charge in [-0.3, -0.25) is 0 Å². The number of hydrogen-bond donors (Lipinski definition) is 1. The molecule has 4 heteroatoms. The smallest absolute Gasteiger partial charge is 0.101 e. The van der Waals surface area contributed by atoms with E-state index in [9.17, 15) is 5.11 Å². The molecule has 1 aliphatic rings. The Morgan fingerprint density at radius 2 is 2.14 bits per heavy atom. The quantitative estimate of drug-likeness (QED) is 0.865. The van der Waals surface area contributed by atoms with Gasteiger partial charge < -0.3 is 9.67 Å². The predicted octanol–water partition coefficient (Wildman–Crippen LogP) is 4.01.